The smallest absolute Gasteiger partial charge is 0.238 e. The normalized spacial score (nSPS) is 12.1. The standard InChI is InChI=1S/C16H23Cl2N3O2/c1-4-5-11(2)19-15(22)9-21(3)10-16(23)20-12-6-7-13(17)14(18)8-12/h6-8,11H,4-5,9-10H2,1-3H3,(H,19,22)(H,20,23)/t11-/m1/s1. The van der Waals surface area contributed by atoms with Crippen LogP contribution in [0.15, 0.2) is 18.2 Å². The molecule has 1 aromatic rings. The lowest BCUT2D eigenvalue weighted by Gasteiger charge is -2.18. The van der Waals surface area contributed by atoms with Crippen molar-refractivity contribution in [3.8, 4) is 0 Å². The second-order valence-corrected chi connectivity index (χ2v) is 6.42. The zero-order chi connectivity index (χ0) is 17.4. The quantitative estimate of drug-likeness (QED) is 0.749. The fourth-order valence-corrected chi connectivity index (χ4v) is 2.44. The van der Waals surface area contributed by atoms with Gasteiger partial charge in [0.15, 0.2) is 0 Å². The number of halogens is 2. The van der Waals surface area contributed by atoms with Crippen LogP contribution < -0.4 is 10.6 Å². The van der Waals surface area contributed by atoms with Gasteiger partial charge in [-0.05, 0) is 38.6 Å². The average Bonchev–Trinajstić information content (AvgIpc) is 2.42. The first-order valence-electron chi connectivity index (χ1n) is 7.54. The molecular formula is C16H23Cl2N3O2. The highest BCUT2D eigenvalue weighted by atomic mass is 35.5. The molecule has 23 heavy (non-hydrogen) atoms. The molecule has 1 atom stereocenters. The minimum absolute atomic E-state index is 0.0872. The van der Waals surface area contributed by atoms with Gasteiger partial charge in [0.2, 0.25) is 11.8 Å². The highest BCUT2D eigenvalue weighted by molar-refractivity contribution is 6.42. The largest absolute Gasteiger partial charge is 0.353 e. The Hall–Kier alpha value is -1.30. The summed E-state index contributed by atoms with van der Waals surface area (Å²) < 4.78 is 0. The third-order valence-corrected chi connectivity index (χ3v) is 3.90. The summed E-state index contributed by atoms with van der Waals surface area (Å²) in [6.45, 7) is 4.32. The van der Waals surface area contributed by atoms with Crippen LogP contribution in [-0.2, 0) is 9.59 Å². The van der Waals surface area contributed by atoms with Gasteiger partial charge in [0.25, 0.3) is 0 Å². The maximum atomic E-state index is 12.0. The number of amides is 2. The van der Waals surface area contributed by atoms with Gasteiger partial charge in [-0.3, -0.25) is 14.5 Å². The minimum Gasteiger partial charge on any atom is -0.353 e. The average molecular weight is 360 g/mol. The van der Waals surface area contributed by atoms with Gasteiger partial charge in [0.05, 0.1) is 23.1 Å². The number of hydrogen-bond donors (Lipinski definition) is 2. The Balaban J connectivity index is 2.41. The van der Waals surface area contributed by atoms with Crippen molar-refractivity contribution in [3.63, 3.8) is 0 Å². The number of carbonyl (C=O) groups excluding carboxylic acids is 2. The van der Waals surface area contributed by atoms with Crippen molar-refractivity contribution < 1.29 is 9.59 Å². The van der Waals surface area contributed by atoms with Gasteiger partial charge in [-0.1, -0.05) is 36.5 Å². The summed E-state index contributed by atoms with van der Waals surface area (Å²) in [5.74, 6) is -0.309. The van der Waals surface area contributed by atoms with E-state index in [1.807, 2.05) is 6.92 Å². The second-order valence-electron chi connectivity index (χ2n) is 5.61. The first-order chi connectivity index (χ1) is 10.8. The number of likely N-dealkylation sites (N-methyl/N-ethyl adjacent to an activating group) is 1. The molecule has 128 valence electrons. The number of carbonyl (C=O) groups is 2. The fraction of sp³-hybridized carbons (Fsp3) is 0.500. The summed E-state index contributed by atoms with van der Waals surface area (Å²) in [7, 11) is 1.72. The van der Waals surface area contributed by atoms with Crippen molar-refractivity contribution in [1.82, 2.24) is 10.2 Å². The SMILES string of the molecule is CCC[C@@H](C)NC(=O)CN(C)CC(=O)Nc1ccc(Cl)c(Cl)c1. The van der Waals surface area contributed by atoms with E-state index < -0.39 is 0 Å². The molecule has 0 aliphatic rings. The van der Waals surface area contributed by atoms with Gasteiger partial charge >= 0.3 is 0 Å². The van der Waals surface area contributed by atoms with Crippen molar-refractivity contribution in [2.24, 2.45) is 0 Å². The predicted octanol–water partition coefficient (Wildman–Crippen LogP) is 3.17. The van der Waals surface area contributed by atoms with Crippen LogP contribution in [0.1, 0.15) is 26.7 Å². The number of nitrogens with zero attached hydrogens (tertiary/aromatic N) is 1. The van der Waals surface area contributed by atoms with Gasteiger partial charge in [-0.25, -0.2) is 0 Å². The van der Waals surface area contributed by atoms with Gasteiger partial charge in [0.1, 0.15) is 0 Å². The molecule has 0 aliphatic heterocycles. The van der Waals surface area contributed by atoms with Crippen molar-refractivity contribution >= 4 is 40.7 Å². The summed E-state index contributed by atoms with van der Waals surface area (Å²) in [6.07, 6.45) is 1.95. The maximum Gasteiger partial charge on any atom is 0.238 e. The summed E-state index contributed by atoms with van der Waals surface area (Å²) in [5.41, 5.74) is 0.568. The molecule has 2 N–H and O–H groups in total. The lowest BCUT2D eigenvalue weighted by molar-refractivity contribution is -0.123. The first-order valence-corrected chi connectivity index (χ1v) is 8.30. The third kappa shape index (κ3) is 7.68. The molecular weight excluding hydrogens is 337 g/mol. The van der Waals surface area contributed by atoms with Gasteiger partial charge < -0.3 is 10.6 Å². The van der Waals surface area contributed by atoms with E-state index in [0.29, 0.717) is 15.7 Å². The van der Waals surface area contributed by atoms with E-state index in [1.165, 1.54) is 0 Å². The van der Waals surface area contributed by atoms with E-state index in [1.54, 1.807) is 30.1 Å². The van der Waals surface area contributed by atoms with Gasteiger partial charge in [-0.15, -0.1) is 0 Å². The van der Waals surface area contributed by atoms with Gasteiger partial charge in [-0.2, -0.15) is 0 Å². The Morgan fingerprint density at radius 2 is 1.83 bits per heavy atom. The van der Waals surface area contributed by atoms with Crippen LogP contribution in [0.5, 0.6) is 0 Å². The molecule has 0 aromatic heterocycles. The summed E-state index contributed by atoms with van der Waals surface area (Å²) in [4.78, 5) is 25.5. The van der Waals surface area contributed by atoms with Crippen molar-refractivity contribution in [3.05, 3.63) is 28.2 Å². The maximum absolute atomic E-state index is 12.0. The molecule has 0 unspecified atom stereocenters. The molecule has 0 fully saturated rings. The summed E-state index contributed by atoms with van der Waals surface area (Å²) >= 11 is 11.7. The van der Waals surface area contributed by atoms with E-state index in [-0.39, 0.29) is 30.9 Å². The second kappa shape index (κ2) is 9.75. The number of benzene rings is 1. The Bertz CT molecular complexity index is 552. The molecule has 0 bridgehead atoms. The Kier molecular flexibility index (Phi) is 8.37. The Labute approximate surface area is 147 Å². The number of nitrogens with one attached hydrogen (secondary N) is 2. The molecule has 1 rings (SSSR count). The first kappa shape index (κ1) is 19.7. The Morgan fingerprint density at radius 3 is 2.43 bits per heavy atom. The lowest BCUT2D eigenvalue weighted by Crippen LogP contribution is -2.41. The molecule has 0 spiro atoms. The molecule has 5 nitrogen and oxygen atoms in total. The highest BCUT2D eigenvalue weighted by Gasteiger charge is 2.13. The van der Waals surface area contributed by atoms with Crippen molar-refractivity contribution in [1.29, 1.82) is 0 Å². The molecule has 2 amide bonds. The summed E-state index contributed by atoms with van der Waals surface area (Å²) in [6, 6.07) is 5.02. The van der Waals surface area contributed by atoms with Crippen LogP contribution in [0, 0.1) is 0 Å². The van der Waals surface area contributed by atoms with Crippen LogP contribution in [0.2, 0.25) is 10.0 Å². The minimum atomic E-state index is -0.222. The van der Waals surface area contributed by atoms with Crippen LogP contribution in [0.4, 0.5) is 5.69 Å². The Morgan fingerprint density at radius 1 is 1.17 bits per heavy atom. The number of anilines is 1. The lowest BCUT2D eigenvalue weighted by atomic mass is 10.2. The zero-order valence-corrected chi connectivity index (χ0v) is 15.2. The monoisotopic (exact) mass is 359 g/mol. The van der Waals surface area contributed by atoms with Crippen LogP contribution in [0.3, 0.4) is 0 Å². The summed E-state index contributed by atoms with van der Waals surface area (Å²) in [5, 5.41) is 6.43. The molecule has 0 saturated carbocycles. The van der Waals surface area contributed by atoms with E-state index in [4.69, 9.17) is 23.2 Å². The molecule has 0 radical (unpaired) electrons. The topological polar surface area (TPSA) is 61.4 Å². The molecule has 0 saturated heterocycles. The number of rotatable bonds is 8. The fourth-order valence-electron chi connectivity index (χ4n) is 2.15. The van der Waals surface area contributed by atoms with Crippen molar-refractivity contribution in [2.45, 2.75) is 32.7 Å². The van der Waals surface area contributed by atoms with Crippen LogP contribution in [-0.4, -0.2) is 42.9 Å². The van der Waals surface area contributed by atoms with E-state index in [9.17, 15) is 9.59 Å². The molecule has 0 aliphatic carbocycles. The number of hydrogen-bond acceptors (Lipinski definition) is 3. The van der Waals surface area contributed by atoms with Crippen LogP contribution >= 0.6 is 23.2 Å². The van der Waals surface area contributed by atoms with Crippen LogP contribution in [0.25, 0.3) is 0 Å². The van der Waals surface area contributed by atoms with E-state index in [2.05, 4.69) is 17.6 Å². The van der Waals surface area contributed by atoms with E-state index in [0.717, 1.165) is 12.8 Å². The van der Waals surface area contributed by atoms with Crippen molar-refractivity contribution in [2.75, 3.05) is 25.5 Å². The van der Waals surface area contributed by atoms with E-state index >= 15 is 0 Å². The van der Waals surface area contributed by atoms with Gasteiger partial charge in [0, 0.05) is 11.7 Å². The highest BCUT2D eigenvalue weighted by Crippen LogP contribution is 2.24. The predicted molar refractivity (Wildman–Crippen MR) is 95.1 cm³/mol. The molecule has 7 heteroatoms. The zero-order valence-electron chi connectivity index (χ0n) is 13.7. The third-order valence-electron chi connectivity index (χ3n) is 3.16. The molecule has 0 heterocycles. The molecule has 1 aromatic carbocycles.